The number of pyridine rings is 1. The van der Waals surface area contributed by atoms with Crippen LogP contribution in [0, 0.1) is 5.82 Å². The van der Waals surface area contributed by atoms with Crippen LogP contribution in [-0.4, -0.2) is 28.1 Å². The Balaban J connectivity index is 1.95. The highest BCUT2D eigenvalue weighted by atomic mass is 32.2. The third-order valence-corrected chi connectivity index (χ3v) is 5.39. The smallest absolute Gasteiger partial charge is 0.123 e. The molecule has 1 unspecified atom stereocenters. The molecule has 26 heavy (non-hydrogen) atoms. The van der Waals surface area contributed by atoms with Crippen molar-refractivity contribution in [2.24, 2.45) is 0 Å². The maximum absolute atomic E-state index is 13.7. The van der Waals surface area contributed by atoms with Crippen LogP contribution in [0.2, 0.25) is 0 Å². The number of aromatic nitrogens is 1. The first kappa shape index (κ1) is 18.5. The standard InChI is InChI=1S/C21H24FN3S/c1-4-26-21-12-16(2)11-20(24(3)19-9-6-10-23-14-19)25(21)15-17-7-5-8-18(22)13-17/h5-14,21H,4,15H2,1-3H3. The molecule has 1 aromatic heterocycles. The Morgan fingerprint density at radius 3 is 2.81 bits per heavy atom. The Morgan fingerprint density at radius 1 is 1.27 bits per heavy atom. The first-order valence-electron chi connectivity index (χ1n) is 8.75. The Morgan fingerprint density at radius 2 is 2.12 bits per heavy atom. The fraction of sp³-hybridized carbons (Fsp3) is 0.286. The quantitative estimate of drug-likeness (QED) is 0.710. The first-order valence-corrected chi connectivity index (χ1v) is 9.80. The Hall–Kier alpha value is -2.27. The summed E-state index contributed by atoms with van der Waals surface area (Å²) in [7, 11) is 2.05. The maximum atomic E-state index is 13.7. The molecule has 1 aromatic carbocycles. The molecule has 0 N–H and O–H groups in total. The predicted octanol–water partition coefficient (Wildman–Crippen LogP) is 5.04. The third-order valence-electron chi connectivity index (χ3n) is 4.32. The highest BCUT2D eigenvalue weighted by Crippen LogP contribution is 2.32. The first-order chi connectivity index (χ1) is 12.6. The number of anilines is 1. The molecule has 0 bridgehead atoms. The third kappa shape index (κ3) is 4.28. The predicted molar refractivity (Wildman–Crippen MR) is 108 cm³/mol. The number of hydrogen-bond donors (Lipinski definition) is 0. The van der Waals surface area contributed by atoms with E-state index in [4.69, 9.17) is 0 Å². The number of allylic oxidation sites excluding steroid dienone is 2. The van der Waals surface area contributed by atoms with Gasteiger partial charge in [-0.05, 0) is 60.2 Å². The second-order valence-corrected chi connectivity index (χ2v) is 7.68. The molecule has 0 amide bonds. The number of benzene rings is 1. The van der Waals surface area contributed by atoms with Crippen LogP contribution in [0.25, 0.3) is 0 Å². The molecule has 0 aliphatic carbocycles. The van der Waals surface area contributed by atoms with Crippen LogP contribution in [0.4, 0.5) is 10.1 Å². The largest absolute Gasteiger partial charge is 0.338 e. The summed E-state index contributed by atoms with van der Waals surface area (Å²) < 4.78 is 13.7. The Bertz CT molecular complexity index is 804. The highest BCUT2D eigenvalue weighted by Gasteiger charge is 2.26. The molecule has 3 nitrogen and oxygen atoms in total. The van der Waals surface area contributed by atoms with E-state index in [1.54, 1.807) is 18.3 Å². The van der Waals surface area contributed by atoms with Gasteiger partial charge in [0.2, 0.25) is 0 Å². The SMILES string of the molecule is CCSC1C=C(C)C=C(N(C)c2cccnc2)N1Cc1cccc(F)c1. The van der Waals surface area contributed by atoms with Crippen LogP contribution in [0.1, 0.15) is 19.4 Å². The van der Waals surface area contributed by atoms with Crippen molar-refractivity contribution in [3.8, 4) is 0 Å². The van der Waals surface area contributed by atoms with E-state index in [1.807, 2.05) is 43.2 Å². The number of nitrogens with zero attached hydrogens (tertiary/aromatic N) is 3. The zero-order valence-electron chi connectivity index (χ0n) is 15.4. The minimum atomic E-state index is -0.197. The molecule has 1 aliphatic heterocycles. The van der Waals surface area contributed by atoms with Crippen LogP contribution in [-0.2, 0) is 6.54 Å². The van der Waals surface area contributed by atoms with E-state index in [1.165, 1.54) is 11.6 Å². The molecule has 0 saturated carbocycles. The Labute approximate surface area is 159 Å². The van der Waals surface area contributed by atoms with Crippen molar-refractivity contribution in [3.63, 3.8) is 0 Å². The summed E-state index contributed by atoms with van der Waals surface area (Å²) >= 11 is 1.88. The van der Waals surface area contributed by atoms with Crippen molar-refractivity contribution in [3.05, 3.63) is 83.7 Å². The minimum Gasteiger partial charge on any atom is -0.338 e. The summed E-state index contributed by atoms with van der Waals surface area (Å²) in [6, 6.07) is 10.8. The molecule has 0 fully saturated rings. The number of hydrogen-bond acceptors (Lipinski definition) is 4. The summed E-state index contributed by atoms with van der Waals surface area (Å²) in [5.41, 5.74) is 3.22. The molecular formula is C21H24FN3S. The lowest BCUT2D eigenvalue weighted by Gasteiger charge is -2.40. The maximum Gasteiger partial charge on any atom is 0.123 e. The molecular weight excluding hydrogens is 345 g/mol. The van der Waals surface area contributed by atoms with Gasteiger partial charge in [-0.25, -0.2) is 4.39 Å². The van der Waals surface area contributed by atoms with Gasteiger partial charge in [-0.2, -0.15) is 0 Å². The van der Waals surface area contributed by atoms with Gasteiger partial charge in [-0.15, -0.1) is 11.8 Å². The fourth-order valence-corrected chi connectivity index (χ4v) is 4.08. The lowest BCUT2D eigenvalue weighted by molar-refractivity contribution is 0.335. The van der Waals surface area contributed by atoms with Crippen molar-refractivity contribution < 1.29 is 4.39 Å². The van der Waals surface area contributed by atoms with Crippen molar-refractivity contribution in [1.82, 2.24) is 9.88 Å². The van der Waals surface area contributed by atoms with Gasteiger partial charge < -0.3 is 9.80 Å². The van der Waals surface area contributed by atoms with Crippen molar-refractivity contribution in [2.75, 3.05) is 17.7 Å². The Kier molecular flexibility index (Phi) is 5.99. The lowest BCUT2D eigenvalue weighted by Crippen LogP contribution is -2.40. The summed E-state index contributed by atoms with van der Waals surface area (Å²) in [5.74, 6) is 1.91. The molecule has 5 heteroatoms. The molecule has 1 aliphatic rings. The van der Waals surface area contributed by atoms with E-state index in [-0.39, 0.29) is 11.2 Å². The van der Waals surface area contributed by atoms with Crippen LogP contribution < -0.4 is 4.90 Å². The molecule has 1 atom stereocenters. The molecule has 0 saturated heterocycles. The van der Waals surface area contributed by atoms with Gasteiger partial charge in [0.1, 0.15) is 11.6 Å². The van der Waals surface area contributed by atoms with Gasteiger partial charge in [0, 0.05) is 19.8 Å². The summed E-state index contributed by atoms with van der Waals surface area (Å²) in [6.07, 6.45) is 8.09. The zero-order chi connectivity index (χ0) is 18.5. The van der Waals surface area contributed by atoms with Gasteiger partial charge in [0.05, 0.1) is 17.3 Å². The summed E-state index contributed by atoms with van der Waals surface area (Å²) in [5, 5.41) is 0.211. The van der Waals surface area contributed by atoms with E-state index in [0.717, 1.165) is 22.8 Å². The summed E-state index contributed by atoms with van der Waals surface area (Å²) in [4.78, 5) is 8.71. The van der Waals surface area contributed by atoms with E-state index in [9.17, 15) is 4.39 Å². The molecule has 2 heterocycles. The normalized spacial score (nSPS) is 16.9. The molecule has 136 valence electrons. The van der Waals surface area contributed by atoms with E-state index in [0.29, 0.717) is 6.54 Å². The number of thioether (sulfide) groups is 1. The summed E-state index contributed by atoms with van der Waals surface area (Å²) in [6.45, 7) is 4.94. The van der Waals surface area contributed by atoms with Crippen LogP contribution in [0.15, 0.2) is 72.3 Å². The van der Waals surface area contributed by atoms with Gasteiger partial charge in [0.15, 0.2) is 0 Å². The van der Waals surface area contributed by atoms with Crippen molar-refractivity contribution >= 4 is 17.4 Å². The molecule has 0 radical (unpaired) electrons. The van der Waals surface area contributed by atoms with Crippen LogP contribution >= 0.6 is 11.8 Å². The number of halogens is 1. The number of rotatable bonds is 6. The van der Waals surface area contributed by atoms with Gasteiger partial charge >= 0.3 is 0 Å². The average molecular weight is 370 g/mol. The van der Waals surface area contributed by atoms with Crippen molar-refractivity contribution in [1.29, 1.82) is 0 Å². The molecule has 2 aromatic rings. The monoisotopic (exact) mass is 369 g/mol. The van der Waals surface area contributed by atoms with Crippen LogP contribution in [0.3, 0.4) is 0 Å². The van der Waals surface area contributed by atoms with E-state index in [2.05, 4.69) is 40.8 Å². The zero-order valence-corrected chi connectivity index (χ0v) is 16.2. The van der Waals surface area contributed by atoms with Gasteiger partial charge in [-0.3, -0.25) is 4.98 Å². The van der Waals surface area contributed by atoms with E-state index >= 15 is 0 Å². The second-order valence-electron chi connectivity index (χ2n) is 6.29. The minimum absolute atomic E-state index is 0.197. The van der Waals surface area contributed by atoms with Crippen LogP contribution in [0.5, 0.6) is 0 Å². The van der Waals surface area contributed by atoms with Gasteiger partial charge in [-0.1, -0.05) is 19.1 Å². The van der Waals surface area contributed by atoms with Crippen molar-refractivity contribution in [2.45, 2.75) is 25.8 Å². The van der Waals surface area contributed by atoms with Gasteiger partial charge in [0.25, 0.3) is 0 Å². The fourth-order valence-electron chi connectivity index (χ4n) is 3.07. The van der Waals surface area contributed by atoms with E-state index < -0.39 is 0 Å². The highest BCUT2D eigenvalue weighted by molar-refractivity contribution is 7.99. The lowest BCUT2D eigenvalue weighted by atomic mass is 10.1. The molecule has 3 rings (SSSR count). The molecule has 0 spiro atoms. The topological polar surface area (TPSA) is 19.4 Å². The average Bonchev–Trinajstić information content (AvgIpc) is 2.64. The second kappa shape index (κ2) is 8.41.